The molecule has 0 aromatic heterocycles. The Bertz CT molecular complexity index is 2410. The summed E-state index contributed by atoms with van der Waals surface area (Å²) in [5.41, 5.74) is 13.9. The van der Waals surface area contributed by atoms with Crippen LogP contribution in [-0.2, 0) is 0 Å². The Morgan fingerprint density at radius 1 is 0.214 bits per heavy atom. The fourth-order valence-corrected chi connectivity index (χ4v) is 13.4. The first-order valence-electron chi connectivity index (χ1n) is 19.1. The van der Waals surface area contributed by atoms with Crippen molar-refractivity contribution in [2.75, 3.05) is 0 Å². The lowest BCUT2D eigenvalue weighted by Crippen LogP contribution is -2.64. The second-order valence-electron chi connectivity index (χ2n) is 14.0. The van der Waals surface area contributed by atoms with Gasteiger partial charge < -0.3 is 0 Å². The van der Waals surface area contributed by atoms with Gasteiger partial charge in [0.25, 0.3) is 0 Å². The van der Waals surface area contributed by atoms with Crippen molar-refractivity contribution in [3.05, 3.63) is 237 Å². The van der Waals surface area contributed by atoms with Gasteiger partial charge in [0.15, 0.2) is 0 Å². The van der Waals surface area contributed by atoms with Crippen LogP contribution >= 0.6 is 11.1 Å². The second-order valence-corrected chi connectivity index (χ2v) is 18.7. The predicted molar refractivity (Wildman–Crippen MR) is 242 cm³/mol. The molecule has 0 heterocycles. The Morgan fingerprint density at radius 2 is 0.429 bits per heavy atom. The van der Waals surface area contributed by atoms with Gasteiger partial charge in [0.2, 0.25) is 7.38 Å². The SMILES string of the molecule is Cl[Si](c1cccc(-c2ccccc2)c1-c1ccccc1)(c1cccc(-c2ccccc2)c1-c1ccccc1)c1cccc(-c2ccccc2)c1-c1ccccc1. The van der Waals surface area contributed by atoms with Gasteiger partial charge in [-0.3, -0.25) is 0 Å². The topological polar surface area (TPSA) is 0 Å². The number of benzene rings is 9. The molecule has 0 aliphatic carbocycles. The summed E-state index contributed by atoms with van der Waals surface area (Å²) in [5, 5.41) is 3.45. The Morgan fingerprint density at radius 3 is 0.661 bits per heavy atom. The minimum atomic E-state index is -3.58. The molecule has 0 amide bonds. The highest BCUT2D eigenvalue weighted by molar-refractivity contribution is 7.41. The Balaban J connectivity index is 1.49. The molecule has 0 nitrogen and oxygen atoms in total. The summed E-state index contributed by atoms with van der Waals surface area (Å²) in [6, 6.07) is 85.0. The summed E-state index contributed by atoms with van der Waals surface area (Å²) in [6.07, 6.45) is 0. The van der Waals surface area contributed by atoms with Crippen LogP contribution in [0.2, 0.25) is 0 Å². The fourth-order valence-electron chi connectivity index (χ4n) is 8.28. The van der Waals surface area contributed by atoms with Gasteiger partial charge in [0.1, 0.15) is 0 Å². The smallest absolute Gasteiger partial charge is 0.149 e. The summed E-state index contributed by atoms with van der Waals surface area (Å²) < 4.78 is 0. The van der Waals surface area contributed by atoms with Crippen LogP contribution in [-0.4, -0.2) is 7.38 Å². The average molecular weight is 751 g/mol. The normalized spacial score (nSPS) is 11.3. The first-order valence-corrected chi connectivity index (χ1v) is 22.1. The minimum Gasteiger partial charge on any atom is -0.149 e. The Hall–Kier alpha value is -6.51. The van der Waals surface area contributed by atoms with E-state index in [-0.39, 0.29) is 0 Å². The quantitative estimate of drug-likeness (QED) is 0.0783. The molecule has 0 aliphatic rings. The molecular weight excluding hydrogens is 712 g/mol. The van der Waals surface area contributed by atoms with Gasteiger partial charge in [-0.2, -0.15) is 0 Å². The van der Waals surface area contributed by atoms with E-state index in [9.17, 15) is 0 Å². The number of hydrogen-bond donors (Lipinski definition) is 0. The van der Waals surface area contributed by atoms with Crippen LogP contribution in [0.3, 0.4) is 0 Å². The summed E-state index contributed by atoms with van der Waals surface area (Å²) >= 11 is 9.10. The molecule has 9 aromatic carbocycles. The van der Waals surface area contributed by atoms with Gasteiger partial charge >= 0.3 is 0 Å². The summed E-state index contributed by atoms with van der Waals surface area (Å²) in [7, 11) is -3.58. The average Bonchev–Trinajstić information content (AvgIpc) is 3.29. The molecule has 0 atom stereocenters. The van der Waals surface area contributed by atoms with Crippen LogP contribution in [0.1, 0.15) is 0 Å². The van der Waals surface area contributed by atoms with E-state index in [1.807, 2.05) is 0 Å². The van der Waals surface area contributed by atoms with Crippen LogP contribution < -0.4 is 15.6 Å². The third-order valence-corrected chi connectivity index (χ3v) is 16.1. The van der Waals surface area contributed by atoms with Gasteiger partial charge in [-0.15, -0.1) is 11.1 Å². The van der Waals surface area contributed by atoms with Gasteiger partial charge in [-0.1, -0.05) is 237 Å². The highest BCUT2D eigenvalue weighted by Gasteiger charge is 2.45. The van der Waals surface area contributed by atoms with Crippen molar-refractivity contribution in [1.82, 2.24) is 0 Å². The lowest BCUT2D eigenvalue weighted by atomic mass is 9.94. The lowest BCUT2D eigenvalue weighted by molar-refractivity contribution is 1.58. The standard InChI is InChI=1S/C54H39ClSi/c55-56(49-37-19-34-46(40-22-7-1-8-23-40)52(49)43-28-13-4-14-29-43,50-38-20-35-47(41-24-9-2-10-25-41)53(50)44-30-15-5-16-31-44)51-39-21-36-48(42-26-11-3-12-27-42)54(51)45-32-17-6-18-33-45/h1-39H. The monoisotopic (exact) mass is 750 g/mol. The number of halogens is 1. The fraction of sp³-hybridized carbons (Fsp3) is 0. The summed E-state index contributed by atoms with van der Waals surface area (Å²) in [6.45, 7) is 0. The van der Waals surface area contributed by atoms with Crippen LogP contribution in [0.15, 0.2) is 237 Å². The van der Waals surface area contributed by atoms with Gasteiger partial charge in [0, 0.05) is 0 Å². The zero-order chi connectivity index (χ0) is 37.7. The van der Waals surface area contributed by atoms with E-state index >= 15 is 0 Å². The first kappa shape index (κ1) is 35.2. The van der Waals surface area contributed by atoms with E-state index in [1.165, 1.54) is 0 Å². The van der Waals surface area contributed by atoms with Crippen molar-refractivity contribution < 1.29 is 0 Å². The molecular formula is C54H39ClSi. The van der Waals surface area contributed by atoms with Crippen LogP contribution in [0, 0.1) is 0 Å². The molecule has 0 aliphatic heterocycles. The van der Waals surface area contributed by atoms with Crippen molar-refractivity contribution in [2.24, 2.45) is 0 Å². The molecule has 0 saturated heterocycles. The maximum Gasteiger partial charge on any atom is 0.249 e. The highest BCUT2D eigenvalue weighted by Crippen LogP contribution is 2.39. The van der Waals surface area contributed by atoms with E-state index < -0.39 is 7.38 Å². The van der Waals surface area contributed by atoms with E-state index in [2.05, 4.69) is 237 Å². The molecule has 56 heavy (non-hydrogen) atoms. The molecule has 266 valence electrons. The third-order valence-electron chi connectivity index (χ3n) is 10.7. The molecule has 2 heteroatoms. The second kappa shape index (κ2) is 15.7. The summed E-state index contributed by atoms with van der Waals surface area (Å²) in [4.78, 5) is 0. The maximum atomic E-state index is 9.10. The highest BCUT2D eigenvalue weighted by atomic mass is 35.6. The predicted octanol–water partition coefficient (Wildman–Crippen LogP) is 12.9. The third kappa shape index (κ3) is 6.52. The van der Waals surface area contributed by atoms with Crippen LogP contribution in [0.5, 0.6) is 0 Å². The van der Waals surface area contributed by atoms with E-state index in [4.69, 9.17) is 11.1 Å². The van der Waals surface area contributed by atoms with Crippen LogP contribution in [0.4, 0.5) is 0 Å². The molecule has 0 fully saturated rings. The van der Waals surface area contributed by atoms with Gasteiger partial charge in [0.05, 0.1) is 0 Å². The van der Waals surface area contributed by atoms with E-state index in [0.717, 1.165) is 82.3 Å². The Labute approximate surface area is 335 Å². The Kier molecular flexibility index (Phi) is 9.86. The maximum absolute atomic E-state index is 9.10. The minimum absolute atomic E-state index is 1.14. The molecule has 0 bridgehead atoms. The van der Waals surface area contributed by atoms with Crippen molar-refractivity contribution in [1.29, 1.82) is 0 Å². The zero-order valence-electron chi connectivity index (χ0n) is 30.9. The first-order chi connectivity index (χ1) is 27.7. The van der Waals surface area contributed by atoms with Crippen LogP contribution in [0.25, 0.3) is 66.8 Å². The number of hydrogen-bond acceptors (Lipinski definition) is 0. The molecule has 0 radical (unpaired) electrons. The molecule has 0 N–H and O–H groups in total. The molecule has 9 rings (SSSR count). The number of rotatable bonds is 9. The largest absolute Gasteiger partial charge is 0.249 e. The van der Waals surface area contributed by atoms with Crippen molar-refractivity contribution >= 4 is 34.0 Å². The van der Waals surface area contributed by atoms with Crippen molar-refractivity contribution in [2.45, 2.75) is 0 Å². The molecule has 0 unspecified atom stereocenters. The van der Waals surface area contributed by atoms with E-state index in [0.29, 0.717) is 0 Å². The lowest BCUT2D eigenvalue weighted by Gasteiger charge is -2.35. The summed E-state index contributed by atoms with van der Waals surface area (Å²) in [5.74, 6) is 0. The molecule has 0 saturated carbocycles. The molecule has 9 aromatic rings. The van der Waals surface area contributed by atoms with Crippen molar-refractivity contribution in [3.63, 3.8) is 0 Å². The van der Waals surface area contributed by atoms with Crippen molar-refractivity contribution in [3.8, 4) is 66.8 Å². The van der Waals surface area contributed by atoms with Gasteiger partial charge in [-0.05, 0) is 82.3 Å². The zero-order valence-corrected chi connectivity index (χ0v) is 32.7. The van der Waals surface area contributed by atoms with Gasteiger partial charge in [-0.25, -0.2) is 0 Å². The van der Waals surface area contributed by atoms with E-state index in [1.54, 1.807) is 0 Å². The molecule has 0 spiro atoms.